The van der Waals surface area contributed by atoms with E-state index in [-0.39, 0.29) is 17.4 Å². The summed E-state index contributed by atoms with van der Waals surface area (Å²) in [6.45, 7) is 5.85. The summed E-state index contributed by atoms with van der Waals surface area (Å²) in [6, 6.07) is 10.1. The number of imidazole rings is 1. The van der Waals surface area contributed by atoms with Gasteiger partial charge >= 0.3 is 0 Å². The monoisotopic (exact) mass is 390 g/mol. The Morgan fingerprint density at radius 2 is 1.93 bits per heavy atom. The molecule has 8 heteroatoms. The van der Waals surface area contributed by atoms with Crippen molar-refractivity contribution in [2.24, 2.45) is 7.05 Å². The summed E-state index contributed by atoms with van der Waals surface area (Å²) < 4.78 is 1.64. The molecular weight excluding hydrogens is 368 g/mol. The van der Waals surface area contributed by atoms with Gasteiger partial charge < -0.3 is 4.90 Å². The van der Waals surface area contributed by atoms with Gasteiger partial charge in [0.15, 0.2) is 5.65 Å². The smallest absolute Gasteiger partial charge is 0.258 e. The average molecular weight is 390 g/mol. The second kappa shape index (κ2) is 7.36. The third-order valence-corrected chi connectivity index (χ3v) is 4.75. The summed E-state index contributed by atoms with van der Waals surface area (Å²) in [7, 11) is 3.47. The molecule has 0 aliphatic heterocycles. The van der Waals surface area contributed by atoms with Crippen LogP contribution in [0.2, 0.25) is 0 Å². The van der Waals surface area contributed by atoms with Crippen LogP contribution in [0.25, 0.3) is 11.2 Å². The Bertz CT molecular complexity index is 1150. The molecule has 1 aromatic carbocycles. The summed E-state index contributed by atoms with van der Waals surface area (Å²) in [5, 5.41) is 11.7. The van der Waals surface area contributed by atoms with Crippen LogP contribution >= 0.6 is 0 Å². The van der Waals surface area contributed by atoms with Crippen molar-refractivity contribution in [2.75, 3.05) is 12.4 Å². The third-order valence-electron chi connectivity index (χ3n) is 4.75. The van der Waals surface area contributed by atoms with Crippen LogP contribution in [-0.2, 0) is 7.05 Å². The number of nitrogens with zero attached hydrogens (tertiary/aromatic N) is 5. The number of aryl methyl sites for hydroxylation is 1. The van der Waals surface area contributed by atoms with Gasteiger partial charge in [-0.25, -0.2) is 9.97 Å². The van der Waals surface area contributed by atoms with Crippen molar-refractivity contribution in [3.63, 3.8) is 0 Å². The number of aromatic nitrogens is 3. The van der Waals surface area contributed by atoms with Gasteiger partial charge in [-0.3, -0.25) is 19.5 Å². The molecule has 3 rings (SSSR count). The van der Waals surface area contributed by atoms with Crippen LogP contribution in [0, 0.1) is 11.3 Å². The van der Waals surface area contributed by atoms with Gasteiger partial charge in [-0.15, -0.1) is 0 Å². The molecule has 0 bridgehead atoms. The maximum absolute atomic E-state index is 12.7. The van der Waals surface area contributed by atoms with Crippen molar-refractivity contribution >= 4 is 28.9 Å². The van der Waals surface area contributed by atoms with Crippen LogP contribution < -0.4 is 5.32 Å². The molecule has 0 saturated carbocycles. The van der Waals surface area contributed by atoms with Crippen molar-refractivity contribution < 1.29 is 9.59 Å². The second-order valence-electron chi connectivity index (χ2n) is 7.74. The molecule has 8 nitrogen and oxygen atoms in total. The number of carbonyl (C=O) groups excluding carboxylic acids is 2. The van der Waals surface area contributed by atoms with Crippen LogP contribution in [0.4, 0.5) is 5.95 Å². The van der Waals surface area contributed by atoms with Crippen molar-refractivity contribution in [1.29, 1.82) is 5.26 Å². The lowest BCUT2D eigenvalue weighted by atomic mass is 10.1. The van der Waals surface area contributed by atoms with E-state index in [1.807, 2.05) is 26.8 Å². The molecule has 0 saturated heterocycles. The Labute approximate surface area is 168 Å². The minimum absolute atomic E-state index is 0.156. The predicted molar refractivity (Wildman–Crippen MR) is 109 cm³/mol. The van der Waals surface area contributed by atoms with Gasteiger partial charge in [0.2, 0.25) is 5.95 Å². The fourth-order valence-electron chi connectivity index (χ4n) is 2.71. The van der Waals surface area contributed by atoms with E-state index in [0.717, 1.165) is 0 Å². The van der Waals surface area contributed by atoms with Crippen LogP contribution in [0.5, 0.6) is 0 Å². The Morgan fingerprint density at radius 1 is 1.21 bits per heavy atom. The highest BCUT2D eigenvalue weighted by Gasteiger charge is 2.24. The van der Waals surface area contributed by atoms with Crippen molar-refractivity contribution in [1.82, 2.24) is 19.4 Å². The molecule has 0 atom stereocenters. The lowest BCUT2D eigenvalue weighted by Gasteiger charge is -2.31. The number of hydrogen-bond acceptors (Lipinski definition) is 5. The zero-order valence-corrected chi connectivity index (χ0v) is 17.0. The minimum atomic E-state index is -0.385. The second-order valence-corrected chi connectivity index (χ2v) is 7.74. The van der Waals surface area contributed by atoms with Gasteiger partial charge in [0.25, 0.3) is 11.8 Å². The van der Waals surface area contributed by atoms with E-state index in [0.29, 0.717) is 33.8 Å². The lowest BCUT2D eigenvalue weighted by molar-refractivity contribution is 0.0655. The van der Waals surface area contributed by atoms with Crippen molar-refractivity contribution in [2.45, 2.75) is 26.3 Å². The zero-order valence-electron chi connectivity index (χ0n) is 17.0. The quantitative estimate of drug-likeness (QED) is 0.740. The molecule has 2 amide bonds. The Hall–Kier alpha value is -3.73. The fraction of sp³-hybridized carbons (Fsp3) is 0.286. The number of nitrogens with one attached hydrogen (secondary N) is 1. The molecule has 148 valence electrons. The number of pyridine rings is 1. The van der Waals surface area contributed by atoms with Gasteiger partial charge in [0, 0.05) is 31.4 Å². The van der Waals surface area contributed by atoms with Crippen molar-refractivity contribution in [3.8, 4) is 6.07 Å². The van der Waals surface area contributed by atoms with Crippen LogP contribution in [0.1, 0.15) is 47.1 Å². The highest BCUT2D eigenvalue weighted by atomic mass is 16.2. The predicted octanol–water partition coefficient (Wildman–Crippen LogP) is 2.96. The number of hydrogen-bond donors (Lipinski definition) is 1. The first-order valence-corrected chi connectivity index (χ1v) is 9.04. The molecule has 1 N–H and O–H groups in total. The van der Waals surface area contributed by atoms with Gasteiger partial charge in [-0.1, -0.05) is 6.07 Å². The molecule has 0 spiro atoms. The van der Waals surface area contributed by atoms with Gasteiger partial charge in [0.05, 0.1) is 17.2 Å². The van der Waals surface area contributed by atoms with Crippen LogP contribution in [0.15, 0.2) is 36.5 Å². The van der Waals surface area contributed by atoms with E-state index in [4.69, 9.17) is 5.26 Å². The number of carbonyl (C=O) groups is 2. The first kappa shape index (κ1) is 20.0. The Morgan fingerprint density at radius 3 is 2.59 bits per heavy atom. The summed E-state index contributed by atoms with van der Waals surface area (Å²) in [4.78, 5) is 35.6. The Kier molecular flexibility index (Phi) is 5.08. The van der Waals surface area contributed by atoms with Crippen molar-refractivity contribution in [3.05, 3.63) is 53.2 Å². The number of anilines is 1. The average Bonchev–Trinajstić information content (AvgIpc) is 3.00. The summed E-state index contributed by atoms with van der Waals surface area (Å²) in [6.07, 6.45) is 1.51. The number of amides is 2. The standard InChI is InChI=1S/C21H22N6O2/c1-21(2,3)27(5)19(29)15-10-16-17(23-12-15)26(4)20(24-16)25-18(28)14-8-6-7-13(9-14)11-22/h6-10,12H,1-5H3,(H,24,25,28). The first-order chi connectivity index (χ1) is 13.6. The van der Waals surface area contributed by atoms with Crippen LogP contribution in [-0.4, -0.2) is 43.8 Å². The molecule has 0 unspecified atom stereocenters. The van der Waals surface area contributed by atoms with E-state index >= 15 is 0 Å². The summed E-state index contributed by atoms with van der Waals surface area (Å²) in [5.41, 5.74) is 1.89. The van der Waals surface area contributed by atoms with E-state index in [2.05, 4.69) is 15.3 Å². The lowest BCUT2D eigenvalue weighted by Crippen LogP contribution is -2.42. The normalized spacial score (nSPS) is 11.2. The molecule has 0 aliphatic rings. The zero-order chi connectivity index (χ0) is 21.3. The molecule has 0 fully saturated rings. The topological polar surface area (TPSA) is 104 Å². The SMILES string of the molecule is CN(C(=O)c1cnc2c(c1)nc(NC(=O)c1cccc(C#N)c1)n2C)C(C)(C)C. The maximum Gasteiger partial charge on any atom is 0.258 e. The van der Waals surface area contributed by atoms with Gasteiger partial charge in [-0.2, -0.15) is 5.26 Å². The number of benzene rings is 1. The van der Waals surface area contributed by atoms with E-state index < -0.39 is 0 Å². The first-order valence-electron chi connectivity index (χ1n) is 9.04. The van der Waals surface area contributed by atoms with Gasteiger partial charge in [0.1, 0.15) is 5.52 Å². The molecule has 2 aromatic heterocycles. The number of fused-ring (bicyclic) bond motifs is 1. The van der Waals surface area contributed by atoms with Crippen LogP contribution in [0.3, 0.4) is 0 Å². The largest absolute Gasteiger partial charge is 0.337 e. The fourth-order valence-corrected chi connectivity index (χ4v) is 2.71. The number of nitriles is 1. The third kappa shape index (κ3) is 3.94. The van der Waals surface area contributed by atoms with E-state index in [1.165, 1.54) is 12.3 Å². The molecule has 0 radical (unpaired) electrons. The molecule has 29 heavy (non-hydrogen) atoms. The summed E-state index contributed by atoms with van der Waals surface area (Å²) in [5.74, 6) is -0.241. The highest BCUT2D eigenvalue weighted by molar-refractivity contribution is 6.04. The number of rotatable bonds is 3. The Balaban J connectivity index is 1.91. The van der Waals surface area contributed by atoms with Gasteiger partial charge in [-0.05, 0) is 45.0 Å². The van der Waals surface area contributed by atoms with E-state index in [9.17, 15) is 9.59 Å². The maximum atomic E-state index is 12.7. The molecular formula is C21H22N6O2. The van der Waals surface area contributed by atoms with E-state index in [1.54, 1.807) is 47.8 Å². The minimum Gasteiger partial charge on any atom is -0.337 e. The highest BCUT2D eigenvalue weighted by Crippen LogP contribution is 2.21. The summed E-state index contributed by atoms with van der Waals surface area (Å²) >= 11 is 0. The molecule has 2 heterocycles. The molecule has 3 aromatic rings. The molecule has 0 aliphatic carbocycles.